The van der Waals surface area contributed by atoms with Crippen LogP contribution in [0.3, 0.4) is 0 Å². The van der Waals surface area contributed by atoms with Crippen molar-refractivity contribution in [2.24, 2.45) is 17.6 Å². The zero-order chi connectivity index (χ0) is 13.7. The second-order valence-corrected chi connectivity index (χ2v) is 5.26. The lowest BCUT2D eigenvalue weighted by Gasteiger charge is -2.29. The fourth-order valence-corrected chi connectivity index (χ4v) is 2.43. The lowest BCUT2D eigenvalue weighted by Crippen LogP contribution is -2.51. The van der Waals surface area contributed by atoms with Crippen LogP contribution in [-0.2, 0) is 9.59 Å². The van der Waals surface area contributed by atoms with Crippen LogP contribution < -0.4 is 11.1 Å². The molecule has 0 bridgehead atoms. The van der Waals surface area contributed by atoms with Gasteiger partial charge in [-0.2, -0.15) is 0 Å². The van der Waals surface area contributed by atoms with Crippen molar-refractivity contribution in [3.05, 3.63) is 0 Å². The molecule has 0 radical (unpaired) electrons. The summed E-state index contributed by atoms with van der Waals surface area (Å²) in [5.74, 6) is -1.48. The van der Waals surface area contributed by atoms with Crippen LogP contribution in [-0.4, -0.2) is 29.1 Å². The van der Waals surface area contributed by atoms with Gasteiger partial charge in [-0.1, -0.05) is 33.1 Å². The Labute approximate surface area is 108 Å². The molecule has 0 aromatic rings. The molecular weight excluding hydrogens is 232 g/mol. The van der Waals surface area contributed by atoms with Gasteiger partial charge in [-0.3, -0.25) is 4.79 Å². The van der Waals surface area contributed by atoms with E-state index >= 15 is 0 Å². The van der Waals surface area contributed by atoms with Gasteiger partial charge in [0.05, 0.1) is 5.92 Å². The number of nitrogens with two attached hydrogens (primary N) is 1. The molecule has 1 aliphatic rings. The highest BCUT2D eigenvalue weighted by atomic mass is 16.4. The Morgan fingerprint density at radius 2 is 2.00 bits per heavy atom. The van der Waals surface area contributed by atoms with E-state index in [0.717, 1.165) is 25.7 Å². The van der Waals surface area contributed by atoms with Crippen LogP contribution in [0.15, 0.2) is 0 Å². The topological polar surface area (TPSA) is 92.4 Å². The standard InChI is InChI=1S/C13H24N2O3/c1-3-8(2)11(13(17)18)15-12(16)9-6-4-5-7-10(9)14/h8-11H,3-7,14H2,1-2H3,(H,15,16)(H,17,18)/t8?,9?,10?,11-/m0/s1. The first-order valence-corrected chi connectivity index (χ1v) is 6.76. The zero-order valence-electron chi connectivity index (χ0n) is 11.2. The van der Waals surface area contributed by atoms with E-state index in [2.05, 4.69) is 5.32 Å². The third-order valence-corrected chi connectivity index (χ3v) is 3.93. The van der Waals surface area contributed by atoms with Gasteiger partial charge >= 0.3 is 5.97 Å². The van der Waals surface area contributed by atoms with Crippen molar-refractivity contribution in [3.8, 4) is 0 Å². The molecule has 0 saturated heterocycles. The van der Waals surface area contributed by atoms with Crippen molar-refractivity contribution < 1.29 is 14.7 Å². The maximum Gasteiger partial charge on any atom is 0.326 e. The predicted molar refractivity (Wildman–Crippen MR) is 69.0 cm³/mol. The largest absolute Gasteiger partial charge is 0.480 e. The highest BCUT2D eigenvalue weighted by Gasteiger charge is 2.32. The highest BCUT2D eigenvalue weighted by Crippen LogP contribution is 2.23. The van der Waals surface area contributed by atoms with Crippen molar-refractivity contribution in [2.75, 3.05) is 0 Å². The van der Waals surface area contributed by atoms with Crippen LogP contribution >= 0.6 is 0 Å². The minimum absolute atomic E-state index is 0.0775. The van der Waals surface area contributed by atoms with Crippen LogP contribution in [0.1, 0.15) is 46.0 Å². The summed E-state index contributed by atoms with van der Waals surface area (Å²) in [5, 5.41) is 11.8. The number of carboxylic acid groups (broad SMARTS) is 1. The molecule has 0 aliphatic heterocycles. The average molecular weight is 256 g/mol. The molecule has 0 aromatic carbocycles. The second-order valence-electron chi connectivity index (χ2n) is 5.26. The van der Waals surface area contributed by atoms with Crippen LogP contribution in [0.2, 0.25) is 0 Å². The maximum atomic E-state index is 12.1. The molecular formula is C13H24N2O3. The molecule has 5 heteroatoms. The van der Waals surface area contributed by atoms with Crippen molar-refractivity contribution >= 4 is 11.9 Å². The number of nitrogens with one attached hydrogen (secondary N) is 1. The molecule has 1 rings (SSSR count). The Bertz CT molecular complexity index is 307. The number of hydrogen-bond acceptors (Lipinski definition) is 3. The van der Waals surface area contributed by atoms with E-state index in [1.165, 1.54) is 0 Å². The summed E-state index contributed by atoms with van der Waals surface area (Å²) in [6.45, 7) is 3.75. The van der Waals surface area contributed by atoms with Gasteiger partial charge in [-0.25, -0.2) is 4.79 Å². The molecule has 104 valence electrons. The van der Waals surface area contributed by atoms with E-state index in [0.29, 0.717) is 6.42 Å². The fourth-order valence-electron chi connectivity index (χ4n) is 2.43. The van der Waals surface area contributed by atoms with Crippen molar-refractivity contribution in [1.82, 2.24) is 5.32 Å². The SMILES string of the molecule is CCC(C)[C@H](NC(=O)C1CCCCC1N)C(=O)O. The smallest absolute Gasteiger partial charge is 0.326 e. The van der Waals surface area contributed by atoms with Gasteiger partial charge < -0.3 is 16.2 Å². The molecule has 3 unspecified atom stereocenters. The number of carbonyl (C=O) groups excluding carboxylic acids is 1. The minimum atomic E-state index is -0.970. The monoisotopic (exact) mass is 256 g/mol. The molecule has 18 heavy (non-hydrogen) atoms. The van der Waals surface area contributed by atoms with Crippen LogP contribution in [0, 0.1) is 11.8 Å². The highest BCUT2D eigenvalue weighted by molar-refractivity contribution is 5.85. The third kappa shape index (κ3) is 3.70. The Kier molecular flexibility index (Phi) is 5.59. The van der Waals surface area contributed by atoms with E-state index in [1.54, 1.807) is 0 Å². The van der Waals surface area contributed by atoms with Gasteiger partial charge in [0, 0.05) is 6.04 Å². The Morgan fingerprint density at radius 1 is 1.39 bits per heavy atom. The molecule has 5 nitrogen and oxygen atoms in total. The number of rotatable bonds is 5. The molecule has 4 N–H and O–H groups in total. The van der Waals surface area contributed by atoms with E-state index in [1.807, 2.05) is 13.8 Å². The van der Waals surface area contributed by atoms with Gasteiger partial charge in [0.2, 0.25) is 5.91 Å². The van der Waals surface area contributed by atoms with Crippen molar-refractivity contribution in [2.45, 2.75) is 58.0 Å². The first-order valence-electron chi connectivity index (χ1n) is 6.76. The number of hydrogen-bond donors (Lipinski definition) is 3. The minimum Gasteiger partial charge on any atom is -0.480 e. The number of amides is 1. The summed E-state index contributed by atoms with van der Waals surface area (Å²) in [4.78, 5) is 23.2. The van der Waals surface area contributed by atoms with Crippen LogP contribution in [0.5, 0.6) is 0 Å². The Balaban J connectivity index is 2.63. The number of aliphatic carboxylic acids is 1. The first-order chi connectivity index (χ1) is 8.47. The number of carbonyl (C=O) groups is 2. The Morgan fingerprint density at radius 3 is 2.50 bits per heavy atom. The number of carboxylic acids is 1. The van der Waals surface area contributed by atoms with E-state index in [4.69, 9.17) is 10.8 Å². The quantitative estimate of drug-likeness (QED) is 0.687. The van der Waals surface area contributed by atoms with Crippen LogP contribution in [0.4, 0.5) is 0 Å². The summed E-state index contributed by atoms with van der Waals surface area (Å²) in [7, 11) is 0. The van der Waals surface area contributed by atoms with Gasteiger partial charge in [-0.15, -0.1) is 0 Å². The summed E-state index contributed by atoms with van der Waals surface area (Å²) >= 11 is 0. The lowest BCUT2D eigenvalue weighted by molar-refractivity contribution is -0.144. The molecule has 4 atom stereocenters. The summed E-state index contributed by atoms with van der Waals surface area (Å²) in [6, 6.07) is -0.943. The maximum absolute atomic E-state index is 12.1. The fraction of sp³-hybridized carbons (Fsp3) is 0.846. The summed E-state index contributed by atoms with van der Waals surface area (Å²) < 4.78 is 0. The average Bonchev–Trinajstić information content (AvgIpc) is 2.35. The van der Waals surface area contributed by atoms with Gasteiger partial charge in [0.1, 0.15) is 6.04 Å². The van der Waals surface area contributed by atoms with Gasteiger partial charge in [-0.05, 0) is 18.8 Å². The summed E-state index contributed by atoms with van der Waals surface area (Å²) in [5.41, 5.74) is 5.93. The van der Waals surface area contributed by atoms with E-state index < -0.39 is 12.0 Å². The molecule has 1 fully saturated rings. The normalized spacial score (nSPS) is 27.3. The third-order valence-electron chi connectivity index (χ3n) is 3.93. The van der Waals surface area contributed by atoms with Crippen molar-refractivity contribution in [3.63, 3.8) is 0 Å². The molecule has 0 spiro atoms. The van der Waals surface area contributed by atoms with Crippen molar-refractivity contribution in [1.29, 1.82) is 0 Å². The molecule has 1 aliphatic carbocycles. The van der Waals surface area contributed by atoms with E-state index in [9.17, 15) is 9.59 Å². The lowest BCUT2D eigenvalue weighted by atomic mass is 9.84. The van der Waals surface area contributed by atoms with E-state index in [-0.39, 0.29) is 23.8 Å². The molecule has 0 heterocycles. The molecule has 0 aromatic heterocycles. The first kappa shape index (κ1) is 15.0. The predicted octanol–water partition coefficient (Wildman–Crippen LogP) is 1.12. The van der Waals surface area contributed by atoms with Crippen LogP contribution in [0.25, 0.3) is 0 Å². The zero-order valence-corrected chi connectivity index (χ0v) is 11.2. The Hall–Kier alpha value is -1.10. The van der Waals surface area contributed by atoms with Gasteiger partial charge in [0.15, 0.2) is 0 Å². The molecule has 1 amide bonds. The van der Waals surface area contributed by atoms with Gasteiger partial charge in [0.25, 0.3) is 0 Å². The summed E-state index contributed by atoms with van der Waals surface area (Å²) in [6.07, 6.45) is 4.37. The second kappa shape index (κ2) is 6.73. The molecule has 1 saturated carbocycles.